The van der Waals surface area contributed by atoms with Crippen molar-refractivity contribution in [3.8, 4) is 0 Å². The second kappa shape index (κ2) is 8.26. The minimum atomic E-state index is -0.154. The quantitative estimate of drug-likeness (QED) is 0.355. The molecule has 0 unspecified atom stereocenters. The van der Waals surface area contributed by atoms with Crippen LogP contribution in [0.25, 0.3) is 0 Å². The van der Waals surface area contributed by atoms with Crippen molar-refractivity contribution in [2.75, 3.05) is 13.2 Å². The predicted octanol–water partition coefficient (Wildman–Crippen LogP) is 2.77. The van der Waals surface area contributed by atoms with Crippen LogP contribution in [0.4, 0.5) is 0 Å². The SMILES string of the molecule is O=C(CCCCC(=O)OC[C@@H]1CC[C@H]2O[C@H]2C1)OC[C@H]1CC[C@H]2O[C@H]2C1. The summed E-state index contributed by atoms with van der Waals surface area (Å²) in [5.41, 5.74) is 0. The minimum Gasteiger partial charge on any atom is -0.465 e. The largest absolute Gasteiger partial charge is 0.465 e. The molecule has 146 valence electrons. The van der Waals surface area contributed by atoms with Gasteiger partial charge in [0.15, 0.2) is 0 Å². The van der Waals surface area contributed by atoms with Gasteiger partial charge in [-0.05, 0) is 63.2 Å². The summed E-state index contributed by atoms with van der Waals surface area (Å²) in [6.45, 7) is 1.03. The second-order valence-electron chi connectivity index (χ2n) is 8.36. The van der Waals surface area contributed by atoms with E-state index in [1.54, 1.807) is 0 Å². The fourth-order valence-electron chi connectivity index (χ4n) is 4.38. The van der Waals surface area contributed by atoms with Crippen molar-refractivity contribution in [1.82, 2.24) is 0 Å². The Morgan fingerprint density at radius 2 is 1.15 bits per heavy atom. The number of epoxide rings is 2. The highest BCUT2D eigenvalue weighted by atomic mass is 16.6. The fraction of sp³-hybridized carbons (Fsp3) is 0.900. The van der Waals surface area contributed by atoms with Gasteiger partial charge in [-0.1, -0.05) is 0 Å². The standard InChI is InChI=1S/C20H30O6/c21-19(23-11-13-5-7-15-17(9-13)25-15)3-1-2-4-20(22)24-12-14-6-8-16-18(10-14)26-16/h13-18H,1-12H2/t13-,14+,15-,16-,17+,18+/m1/s1. The summed E-state index contributed by atoms with van der Waals surface area (Å²) in [4.78, 5) is 23.6. The molecule has 0 amide bonds. The molecule has 2 aliphatic heterocycles. The Kier molecular flexibility index (Phi) is 5.79. The van der Waals surface area contributed by atoms with Crippen molar-refractivity contribution in [1.29, 1.82) is 0 Å². The monoisotopic (exact) mass is 366 g/mol. The van der Waals surface area contributed by atoms with E-state index in [2.05, 4.69) is 0 Å². The summed E-state index contributed by atoms with van der Waals surface area (Å²) in [6.07, 6.45) is 10.4. The van der Waals surface area contributed by atoms with E-state index in [0.717, 1.165) is 38.5 Å². The van der Waals surface area contributed by atoms with E-state index in [4.69, 9.17) is 18.9 Å². The van der Waals surface area contributed by atoms with Crippen LogP contribution in [0.2, 0.25) is 0 Å². The van der Waals surface area contributed by atoms with E-state index < -0.39 is 0 Å². The maximum atomic E-state index is 11.8. The molecular weight excluding hydrogens is 336 g/mol. The third kappa shape index (κ3) is 5.19. The van der Waals surface area contributed by atoms with Crippen molar-refractivity contribution in [2.24, 2.45) is 11.8 Å². The molecule has 0 aromatic heterocycles. The maximum Gasteiger partial charge on any atom is 0.305 e. The van der Waals surface area contributed by atoms with Gasteiger partial charge in [0, 0.05) is 12.8 Å². The zero-order valence-corrected chi connectivity index (χ0v) is 15.4. The highest BCUT2D eigenvalue weighted by Crippen LogP contribution is 2.40. The van der Waals surface area contributed by atoms with Crippen LogP contribution in [-0.2, 0) is 28.5 Å². The third-order valence-corrected chi connectivity index (χ3v) is 6.20. The average molecular weight is 366 g/mol. The van der Waals surface area contributed by atoms with Crippen molar-refractivity contribution in [3.63, 3.8) is 0 Å². The minimum absolute atomic E-state index is 0.154. The molecule has 0 radical (unpaired) electrons. The number of fused-ring (bicyclic) bond motifs is 2. The van der Waals surface area contributed by atoms with E-state index in [1.807, 2.05) is 0 Å². The van der Waals surface area contributed by atoms with Gasteiger partial charge in [-0.15, -0.1) is 0 Å². The number of rotatable bonds is 9. The fourth-order valence-corrected chi connectivity index (χ4v) is 4.38. The predicted molar refractivity (Wildman–Crippen MR) is 92.4 cm³/mol. The lowest BCUT2D eigenvalue weighted by molar-refractivity contribution is -0.147. The van der Waals surface area contributed by atoms with Crippen molar-refractivity contribution in [2.45, 2.75) is 88.6 Å². The summed E-state index contributed by atoms with van der Waals surface area (Å²) < 4.78 is 21.7. The lowest BCUT2D eigenvalue weighted by Gasteiger charge is -2.18. The van der Waals surface area contributed by atoms with Crippen molar-refractivity contribution in [3.05, 3.63) is 0 Å². The van der Waals surface area contributed by atoms with Gasteiger partial charge in [-0.25, -0.2) is 0 Å². The van der Waals surface area contributed by atoms with Gasteiger partial charge in [0.25, 0.3) is 0 Å². The first-order valence-electron chi connectivity index (χ1n) is 10.3. The van der Waals surface area contributed by atoms with Gasteiger partial charge in [0.05, 0.1) is 37.6 Å². The van der Waals surface area contributed by atoms with Crippen molar-refractivity contribution < 1.29 is 28.5 Å². The number of esters is 2. The van der Waals surface area contributed by atoms with Crippen LogP contribution >= 0.6 is 0 Å². The smallest absolute Gasteiger partial charge is 0.305 e. The summed E-state index contributed by atoms with van der Waals surface area (Å²) in [5.74, 6) is 0.597. The van der Waals surface area contributed by atoms with Gasteiger partial charge < -0.3 is 18.9 Å². The van der Waals surface area contributed by atoms with Crippen LogP contribution in [0.3, 0.4) is 0 Å². The second-order valence-corrected chi connectivity index (χ2v) is 8.36. The molecule has 0 N–H and O–H groups in total. The summed E-state index contributed by atoms with van der Waals surface area (Å²) in [5, 5.41) is 0. The normalized spacial score (nSPS) is 37.2. The molecule has 2 aliphatic carbocycles. The number of unbranched alkanes of at least 4 members (excludes halogenated alkanes) is 1. The Morgan fingerprint density at radius 3 is 1.58 bits per heavy atom. The summed E-state index contributed by atoms with van der Waals surface area (Å²) in [6, 6.07) is 0. The van der Waals surface area contributed by atoms with Crippen LogP contribution < -0.4 is 0 Å². The highest BCUT2D eigenvalue weighted by Gasteiger charge is 2.44. The number of ether oxygens (including phenoxy) is 4. The molecule has 2 saturated carbocycles. The molecule has 0 bridgehead atoms. The summed E-state index contributed by atoms with van der Waals surface area (Å²) >= 11 is 0. The van der Waals surface area contributed by atoms with E-state index in [-0.39, 0.29) is 11.9 Å². The maximum absolute atomic E-state index is 11.8. The molecular formula is C20H30O6. The van der Waals surface area contributed by atoms with Gasteiger partial charge in [0.1, 0.15) is 0 Å². The van der Waals surface area contributed by atoms with E-state index in [9.17, 15) is 9.59 Å². The third-order valence-electron chi connectivity index (χ3n) is 6.20. The molecule has 2 saturated heterocycles. The lowest BCUT2D eigenvalue weighted by atomic mass is 9.90. The van der Waals surface area contributed by atoms with Crippen molar-refractivity contribution >= 4 is 11.9 Å². The van der Waals surface area contributed by atoms with E-state index in [1.165, 1.54) is 0 Å². The first kappa shape index (κ1) is 18.2. The zero-order valence-electron chi connectivity index (χ0n) is 15.4. The molecule has 0 spiro atoms. The van der Waals surface area contributed by atoms with Crippen LogP contribution in [0.1, 0.15) is 64.2 Å². The average Bonchev–Trinajstić information content (AvgIpc) is 3.55. The Balaban J connectivity index is 0.992. The molecule has 4 fully saturated rings. The Morgan fingerprint density at radius 1 is 0.692 bits per heavy atom. The van der Waals surface area contributed by atoms with Gasteiger partial charge in [0.2, 0.25) is 0 Å². The van der Waals surface area contributed by atoms with Crippen LogP contribution in [-0.4, -0.2) is 49.6 Å². The van der Waals surface area contributed by atoms with Crippen LogP contribution in [0, 0.1) is 11.8 Å². The Bertz CT molecular complexity index is 474. The Hall–Kier alpha value is -1.14. The number of carbonyl (C=O) groups excluding carboxylic acids is 2. The molecule has 4 rings (SSSR count). The molecule has 6 nitrogen and oxygen atoms in total. The topological polar surface area (TPSA) is 77.7 Å². The molecule has 6 atom stereocenters. The van der Waals surface area contributed by atoms with Crippen LogP contribution in [0.15, 0.2) is 0 Å². The first-order valence-corrected chi connectivity index (χ1v) is 10.3. The zero-order chi connectivity index (χ0) is 17.9. The van der Waals surface area contributed by atoms with E-state index >= 15 is 0 Å². The first-order chi connectivity index (χ1) is 12.7. The molecule has 6 heteroatoms. The molecule has 4 aliphatic rings. The lowest BCUT2D eigenvalue weighted by Crippen LogP contribution is -2.20. The van der Waals surface area contributed by atoms with Gasteiger partial charge in [-0.2, -0.15) is 0 Å². The number of carbonyl (C=O) groups is 2. The van der Waals surface area contributed by atoms with Gasteiger partial charge in [-0.3, -0.25) is 9.59 Å². The molecule has 26 heavy (non-hydrogen) atoms. The van der Waals surface area contributed by atoms with Gasteiger partial charge >= 0.3 is 11.9 Å². The van der Waals surface area contributed by atoms with Crippen LogP contribution in [0.5, 0.6) is 0 Å². The molecule has 0 aromatic rings. The molecule has 0 aromatic carbocycles. The Labute approximate surface area is 154 Å². The summed E-state index contributed by atoms with van der Waals surface area (Å²) in [7, 11) is 0. The van der Waals surface area contributed by atoms with E-state index in [0.29, 0.717) is 75.1 Å². The molecule has 2 heterocycles. The number of hydrogen-bond acceptors (Lipinski definition) is 6. The highest BCUT2D eigenvalue weighted by molar-refractivity contribution is 5.70. The number of hydrogen-bond donors (Lipinski definition) is 0.